The fraction of sp³-hybridized carbons (Fsp3) is 0.519. The maximum absolute atomic E-state index is 12.7. The van der Waals surface area contributed by atoms with Crippen LogP contribution in [0.3, 0.4) is 0 Å². The number of hydrogen-bond donors (Lipinski definition) is 1. The zero-order valence-electron chi connectivity index (χ0n) is 18.6. The quantitative estimate of drug-likeness (QED) is 0.617. The van der Waals surface area contributed by atoms with Crippen molar-refractivity contribution in [2.45, 2.75) is 70.6 Å². The minimum Gasteiger partial charge on any atom is -0.489 e. The Bertz CT molecular complexity index is 807. The summed E-state index contributed by atoms with van der Waals surface area (Å²) in [7, 11) is 0. The molecule has 1 saturated heterocycles. The predicted octanol–water partition coefficient (Wildman–Crippen LogP) is 5.32. The Morgan fingerprint density at radius 1 is 0.871 bits per heavy atom. The van der Waals surface area contributed by atoms with Gasteiger partial charge >= 0.3 is 0 Å². The summed E-state index contributed by atoms with van der Waals surface area (Å²) in [6, 6.07) is 19.1. The second kappa shape index (κ2) is 11.3. The lowest BCUT2D eigenvalue weighted by Crippen LogP contribution is -2.43. The first-order chi connectivity index (χ1) is 15.3. The van der Waals surface area contributed by atoms with Gasteiger partial charge in [0.05, 0.1) is 0 Å². The van der Waals surface area contributed by atoms with Gasteiger partial charge in [-0.3, -0.25) is 9.69 Å². The molecule has 0 spiro atoms. The summed E-state index contributed by atoms with van der Waals surface area (Å²) < 4.78 is 5.98. The molecule has 0 radical (unpaired) electrons. The third-order valence-electron chi connectivity index (χ3n) is 6.71. The van der Waals surface area contributed by atoms with Crippen molar-refractivity contribution in [1.29, 1.82) is 0 Å². The maximum Gasteiger partial charge on any atom is 0.223 e. The normalized spacial score (nSPS) is 19.0. The monoisotopic (exact) mass is 420 g/mol. The molecule has 1 aliphatic heterocycles. The van der Waals surface area contributed by atoms with Crippen LogP contribution in [0.1, 0.15) is 62.5 Å². The Hall–Kier alpha value is -2.33. The number of hydrogen-bond acceptors (Lipinski definition) is 3. The number of amides is 1. The Morgan fingerprint density at radius 3 is 2.32 bits per heavy atom. The van der Waals surface area contributed by atoms with E-state index in [0.29, 0.717) is 18.6 Å². The molecule has 1 saturated carbocycles. The van der Waals surface area contributed by atoms with Crippen LogP contribution in [0.5, 0.6) is 5.75 Å². The predicted molar refractivity (Wildman–Crippen MR) is 125 cm³/mol. The van der Waals surface area contributed by atoms with Gasteiger partial charge in [0, 0.05) is 18.5 Å². The van der Waals surface area contributed by atoms with Crippen molar-refractivity contribution in [2.24, 2.45) is 5.92 Å². The fourth-order valence-electron chi connectivity index (χ4n) is 4.83. The van der Waals surface area contributed by atoms with Crippen LogP contribution in [0.25, 0.3) is 0 Å². The zero-order chi connectivity index (χ0) is 21.3. The molecule has 4 heteroatoms. The largest absolute Gasteiger partial charge is 0.489 e. The average molecular weight is 421 g/mol. The van der Waals surface area contributed by atoms with Crippen molar-refractivity contribution < 1.29 is 9.53 Å². The topological polar surface area (TPSA) is 41.6 Å². The molecule has 0 atom stereocenters. The molecule has 0 bridgehead atoms. The van der Waals surface area contributed by atoms with Gasteiger partial charge in [-0.25, -0.2) is 0 Å². The molecule has 1 aliphatic carbocycles. The molecule has 1 amide bonds. The number of benzene rings is 2. The minimum absolute atomic E-state index is 0.181. The van der Waals surface area contributed by atoms with Crippen LogP contribution in [0.15, 0.2) is 54.6 Å². The van der Waals surface area contributed by atoms with Gasteiger partial charge < -0.3 is 10.1 Å². The van der Waals surface area contributed by atoms with Gasteiger partial charge in [0.1, 0.15) is 12.4 Å². The third kappa shape index (κ3) is 6.83. The van der Waals surface area contributed by atoms with Crippen LogP contribution in [0.4, 0.5) is 0 Å². The van der Waals surface area contributed by atoms with E-state index in [1.54, 1.807) is 0 Å². The molecular formula is C27H36N2O2. The van der Waals surface area contributed by atoms with Gasteiger partial charge in [0.25, 0.3) is 0 Å². The summed E-state index contributed by atoms with van der Waals surface area (Å²) in [5.74, 6) is 1.39. The zero-order valence-corrected chi connectivity index (χ0v) is 18.6. The molecule has 166 valence electrons. The van der Waals surface area contributed by atoms with Gasteiger partial charge in [-0.15, -0.1) is 0 Å². The molecule has 1 heterocycles. The standard InChI is InChI=1S/C27H36N2O2/c30-27(28-25-12-6-1-2-7-13-25)24-15-17-29(18-16-24)20-23-11-8-14-26(19-23)31-21-22-9-4-3-5-10-22/h3-5,8-11,14,19,24-25H,1-2,6-7,12-13,15-18,20-21H2,(H,28,30). The van der Waals surface area contributed by atoms with E-state index < -0.39 is 0 Å². The lowest BCUT2D eigenvalue weighted by Gasteiger charge is -2.32. The van der Waals surface area contributed by atoms with Crippen LogP contribution < -0.4 is 10.1 Å². The van der Waals surface area contributed by atoms with Gasteiger partial charge in [-0.05, 0) is 62.0 Å². The Balaban J connectivity index is 1.22. The Kier molecular flexibility index (Phi) is 8.00. The minimum atomic E-state index is 0.181. The second-order valence-electron chi connectivity index (χ2n) is 9.17. The third-order valence-corrected chi connectivity index (χ3v) is 6.71. The molecule has 0 aromatic heterocycles. The number of rotatable bonds is 7. The van der Waals surface area contributed by atoms with Gasteiger partial charge in [-0.1, -0.05) is 68.1 Å². The van der Waals surface area contributed by atoms with E-state index >= 15 is 0 Å². The van der Waals surface area contributed by atoms with Crippen molar-refractivity contribution >= 4 is 5.91 Å². The summed E-state index contributed by atoms with van der Waals surface area (Å²) >= 11 is 0. The van der Waals surface area contributed by atoms with E-state index in [9.17, 15) is 4.79 Å². The number of ether oxygens (including phenoxy) is 1. The molecule has 4 rings (SSSR count). The number of carbonyl (C=O) groups excluding carboxylic acids is 1. The number of nitrogens with zero attached hydrogens (tertiary/aromatic N) is 1. The molecule has 31 heavy (non-hydrogen) atoms. The van der Waals surface area contributed by atoms with Crippen LogP contribution in [0.2, 0.25) is 0 Å². The number of piperidine rings is 1. The highest BCUT2D eigenvalue weighted by molar-refractivity contribution is 5.79. The van der Waals surface area contributed by atoms with Crippen molar-refractivity contribution in [3.8, 4) is 5.75 Å². The van der Waals surface area contributed by atoms with Gasteiger partial charge in [-0.2, -0.15) is 0 Å². The molecule has 1 N–H and O–H groups in total. The molecule has 2 aromatic carbocycles. The molecule has 0 unspecified atom stereocenters. The molecular weight excluding hydrogens is 384 g/mol. The highest BCUT2D eigenvalue weighted by atomic mass is 16.5. The second-order valence-corrected chi connectivity index (χ2v) is 9.17. The van der Waals surface area contributed by atoms with Crippen LogP contribution >= 0.6 is 0 Å². The summed E-state index contributed by atoms with van der Waals surface area (Å²) in [6.45, 7) is 3.47. The van der Waals surface area contributed by atoms with Crippen LogP contribution in [0, 0.1) is 5.92 Å². The average Bonchev–Trinajstić information content (AvgIpc) is 3.08. The molecule has 4 nitrogen and oxygen atoms in total. The van der Waals surface area contributed by atoms with E-state index in [0.717, 1.165) is 51.1 Å². The first kappa shape index (κ1) is 21.9. The SMILES string of the molecule is O=C(NC1CCCCCC1)C1CCN(Cc2cccc(OCc3ccccc3)c2)CC1. The highest BCUT2D eigenvalue weighted by Crippen LogP contribution is 2.23. The number of nitrogens with one attached hydrogen (secondary N) is 1. The molecule has 2 aliphatic rings. The maximum atomic E-state index is 12.7. The summed E-state index contributed by atoms with van der Waals surface area (Å²) in [5.41, 5.74) is 2.45. The molecule has 2 fully saturated rings. The Labute approximate surface area is 187 Å². The number of likely N-dealkylation sites (tertiary alicyclic amines) is 1. The van der Waals surface area contributed by atoms with Crippen LogP contribution in [-0.4, -0.2) is 29.9 Å². The van der Waals surface area contributed by atoms with Crippen molar-refractivity contribution in [1.82, 2.24) is 10.2 Å². The Morgan fingerprint density at radius 2 is 1.58 bits per heavy atom. The fourth-order valence-corrected chi connectivity index (χ4v) is 4.83. The lowest BCUT2D eigenvalue weighted by atomic mass is 9.94. The summed E-state index contributed by atoms with van der Waals surface area (Å²) in [5, 5.41) is 3.35. The van der Waals surface area contributed by atoms with Gasteiger partial charge in [0.2, 0.25) is 5.91 Å². The first-order valence-electron chi connectivity index (χ1n) is 12.0. The van der Waals surface area contributed by atoms with E-state index in [4.69, 9.17) is 4.74 Å². The van der Waals surface area contributed by atoms with E-state index in [1.165, 1.54) is 36.8 Å². The van der Waals surface area contributed by atoms with Crippen molar-refractivity contribution in [3.63, 3.8) is 0 Å². The van der Waals surface area contributed by atoms with Gasteiger partial charge in [0.15, 0.2) is 0 Å². The smallest absolute Gasteiger partial charge is 0.223 e. The summed E-state index contributed by atoms with van der Waals surface area (Å²) in [4.78, 5) is 15.2. The highest BCUT2D eigenvalue weighted by Gasteiger charge is 2.26. The summed E-state index contributed by atoms with van der Waals surface area (Å²) in [6.07, 6.45) is 9.41. The number of carbonyl (C=O) groups is 1. The van der Waals surface area contributed by atoms with E-state index in [-0.39, 0.29) is 5.92 Å². The van der Waals surface area contributed by atoms with E-state index in [1.807, 2.05) is 24.3 Å². The first-order valence-corrected chi connectivity index (χ1v) is 12.0. The van der Waals surface area contributed by atoms with Crippen molar-refractivity contribution in [3.05, 3.63) is 65.7 Å². The van der Waals surface area contributed by atoms with Crippen molar-refractivity contribution in [2.75, 3.05) is 13.1 Å². The lowest BCUT2D eigenvalue weighted by molar-refractivity contribution is -0.127. The van der Waals surface area contributed by atoms with E-state index in [2.05, 4.69) is 40.5 Å². The van der Waals surface area contributed by atoms with Crippen LogP contribution in [-0.2, 0) is 17.9 Å². The molecule has 2 aromatic rings.